The van der Waals surface area contributed by atoms with Crippen LogP contribution in [0.5, 0.6) is 0 Å². The minimum atomic E-state index is -0.538. The van der Waals surface area contributed by atoms with Crippen molar-refractivity contribution in [3.8, 4) is 0 Å². The van der Waals surface area contributed by atoms with E-state index >= 15 is 0 Å². The van der Waals surface area contributed by atoms with Gasteiger partial charge in [0.05, 0.1) is 6.61 Å². The number of hydrogen-bond acceptors (Lipinski definition) is 4. The Morgan fingerprint density at radius 3 is 2.41 bits per heavy atom. The Morgan fingerprint density at radius 2 is 1.86 bits per heavy atom. The number of benzene rings is 1. The molecule has 2 atom stereocenters. The van der Waals surface area contributed by atoms with Gasteiger partial charge in [-0.2, -0.15) is 0 Å². The summed E-state index contributed by atoms with van der Waals surface area (Å²) in [6.07, 6.45) is 1.55. The second-order valence-electron chi connectivity index (χ2n) is 5.89. The number of hydrogen-bond donors (Lipinski definition) is 1. The monoisotopic (exact) mass is 307 g/mol. The maximum absolute atomic E-state index is 9.87. The van der Waals surface area contributed by atoms with Crippen LogP contribution in [-0.2, 0) is 9.47 Å². The number of rotatable bonds is 7. The SMILES string of the molecule is CCOC1(OCC)CCN([C@@H](C)c2ccccc2)[C@@H](CO)C1. The lowest BCUT2D eigenvalue weighted by Gasteiger charge is -2.47. The topological polar surface area (TPSA) is 41.9 Å². The van der Waals surface area contributed by atoms with E-state index in [4.69, 9.17) is 9.47 Å². The van der Waals surface area contributed by atoms with E-state index in [1.807, 2.05) is 19.9 Å². The third-order valence-electron chi connectivity index (χ3n) is 4.57. The first-order chi connectivity index (χ1) is 10.7. The predicted molar refractivity (Wildman–Crippen MR) is 87.7 cm³/mol. The summed E-state index contributed by atoms with van der Waals surface area (Å²) in [6, 6.07) is 10.8. The van der Waals surface area contributed by atoms with E-state index < -0.39 is 5.79 Å². The van der Waals surface area contributed by atoms with Gasteiger partial charge in [-0.3, -0.25) is 4.90 Å². The molecule has 124 valence electrons. The zero-order chi connectivity index (χ0) is 16.0. The van der Waals surface area contributed by atoms with E-state index in [2.05, 4.69) is 36.1 Å². The number of nitrogens with zero attached hydrogens (tertiary/aromatic N) is 1. The Kier molecular flexibility index (Phi) is 6.38. The zero-order valence-corrected chi connectivity index (χ0v) is 14.0. The molecule has 1 aliphatic heterocycles. The van der Waals surface area contributed by atoms with Crippen molar-refractivity contribution in [1.82, 2.24) is 4.90 Å². The third kappa shape index (κ3) is 3.87. The fourth-order valence-corrected chi connectivity index (χ4v) is 3.49. The zero-order valence-electron chi connectivity index (χ0n) is 14.0. The molecular formula is C18H29NO3. The summed E-state index contributed by atoms with van der Waals surface area (Å²) < 4.78 is 11.8. The Balaban J connectivity index is 2.12. The van der Waals surface area contributed by atoms with Crippen LogP contribution in [0.4, 0.5) is 0 Å². The minimum Gasteiger partial charge on any atom is -0.395 e. The summed E-state index contributed by atoms with van der Waals surface area (Å²) in [4.78, 5) is 2.37. The van der Waals surface area contributed by atoms with Crippen LogP contribution in [0.25, 0.3) is 0 Å². The summed E-state index contributed by atoms with van der Waals surface area (Å²) >= 11 is 0. The van der Waals surface area contributed by atoms with E-state index in [9.17, 15) is 5.11 Å². The van der Waals surface area contributed by atoms with E-state index in [-0.39, 0.29) is 18.7 Å². The highest BCUT2D eigenvalue weighted by Crippen LogP contribution is 2.36. The molecule has 4 nitrogen and oxygen atoms in total. The van der Waals surface area contributed by atoms with Gasteiger partial charge in [-0.15, -0.1) is 0 Å². The number of piperidine rings is 1. The van der Waals surface area contributed by atoms with Gasteiger partial charge in [-0.05, 0) is 26.3 Å². The van der Waals surface area contributed by atoms with Crippen LogP contribution in [0.1, 0.15) is 45.2 Å². The normalized spacial score (nSPS) is 23.4. The van der Waals surface area contributed by atoms with Crippen molar-refractivity contribution in [2.75, 3.05) is 26.4 Å². The molecule has 22 heavy (non-hydrogen) atoms. The average molecular weight is 307 g/mol. The molecule has 1 fully saturated rings. The lowest BCUT2D eigenvalue weighted by molar-refractivity contribution is -0.265. The molecule has 0 radical (unpaired) electrons. The van der Waals surface area contributed by atoms with Crippen LogP contribution in [0, 0.1) is 0 Å². The lowest BCUT2D eigenvalue weighted by Crippen LogP contribution is -2.54. The first-order valence-electron chi connectivity index (χ1n) is 8.35. The summed E-state index contributed by atoms with van der Waals surface area (Å²) in [6.45, 7) is 8.44. The molecule has 0 spiro atoms. The van der Waals surface area contributed by atoms with Gasteiger partial charge in [0.2, 0.25) is 0 Å². The van der Waals surface area contributed by atoms with Crippen LogP contribution >= 0.6 is 0 Å². The van der Waals surface area contributed by atoms with Crippen molar-refractivity contribution >= 4 is 0 Å². The van der Waals surface area contributed by atoms with Gasteiger partial charge in [-0.1, -0.05) is 30.3 Å². The van der Waals surface area contributed by atoms with E-state index in [1.165, 1.54) is 5.56 Å². The molecule has 1 saturated heterocycles. The highest BCUT2D eigenvalue weighted by atomic mass is 16.7. The van der Waals surface area contributed by atoms with Gasteiger partial charge in [0, 0.05) is 44.7 Å². The van der Waals surface area contributed by atoms with Gasteiger partial charge < -0.3 is 14.6 Å². The molecule has 0 bridgehead atoms. The molecule has 1 aromatic carbocycles. The second-order valence-corrected chi connectivity index (χ2v) is 5.89. The molecular weight excluding hydrogens is 278 g/mol. The van der Waals surface area contributed by atoms with Gasteiger partial charge in [0.25, 0.3) is 0 Å². The number of aliphatic hydroxyl groups excluding tert-OH is 1. The molecule has 1 aliphatic rings. The molecule has 1 aromatic rings. The van der Waals surface area contributed by atoms with E-state index in [0.717, 1.165) is 13.0 Å². The maximum atomic E-state index is 9.87. The molecule has 1 heterocycles. The smallest absolute Gasteiger partial charge is 0.171 e. The average Bonchev–Trinajstić information content (AvgIpc) is 2.55. The highest BCUT2D eigenvalue weighted by Gasteiger charge is 2.42. The van der Waals surface area contributed by atoms with Crippen molar-refractivity contribution < 1.29 is 14.6 Å². The minimum absolute atomic E-state index is 0.0575. The second kappa shape index (κ2) is 8.06. The highest BCUT2D eigenvalue weighted by molar-refractivity contribution is 5.19. The molecule has 4 heteroatoms. The molecule has 0 aromatic heterocycles. The predicted octanol–water partition coefficient (Wildman–Crippen LogP) is 2.97. The third-order valence-corrected chi connectivity index (χ3v) is 4.57. The van der Waals surface area contributed by atoms with Crippen molar-refractivity contribution in [3.63, 3.8) is 0 Å². The van der Waals surface area contributed by atoms with Crippen LogP contribution < -0.4 is 0 Å². The fraction of sp³-hybridized carbons (Fsp3) is 0.667. The first kappa shape index (κ1) is 17.4. The molecule has 0 saturated carbocycles. The summed E-state index contributed by atoms with van der Waals surface area (Å²) in [7, 11) is 0. The Labute approximate surface area is 134 Å². The van der Waals surface area contributed by atoms with Crippen molar-refractivity contribution in [2.45, 2.75) is 51.5 Å². The first-order valence-corrected chi connectivity index (χ1v) is 8.35. The molecule has 0 unspecified atom stereocenters. The largest absolute Gasteiger partial charge is 0.395 e. The van der Waals surface area contributed by atoms with Gasteiger partial charge in [-0.25, -0.2) is 0 Å². The van der Waals surface area contributed by atoms with Gasteiger partial charge >= 0.3 is 0 Å². The number of ether oxygens (including phenoxy) is 2. The lowest BCUT2D eigenvalue weighted by atomic mass is 9.92. The number of likely N-dealkylation sites (tertiary alicyclic amines) is 1. The van der Waals surface area contributed by atoms with Crippen LogP contribution in [-0.4, -0.2) is 48.2 Å². The summed E-state index contributed by atoms with van der Waals surface area (Å²) in [5.41, 5.74) is 1.28. The molecule has 0 amide bonds. The molecule has 2 rings (SSSR count). The van der Waals surface area contributed by atoms with Crippen LogP contribution in [0.3, 0.4) is 0 Å². The number of aliphatic hydroxyl groups is 1. The Bertz CT molecular complexity index is 431. The van der Waals surface area contributed by atoms with Crippen molar-refractivity contribution in [3.05, 3.63) is 35.9 Å². The Hall–Kier alpha value is -0.940. The van der Waals surface area contributed by atoms with E-state index in [1.54, 1.807) is 0 Å². The summed E-state index contributed by atoms with van der Waals surface area (Å²) in [5, 5.41) is 9.87. The molecule has 0 aliphatic carbocycles. The quantitative estimate of drug-likeness (QED) is 0.786. The van der Waals surface area contributed by atoms with Crippen LogP contribution in [0.2, 0.25) is 0 Å². The van der Waals surface area contributed by atoms with Gasteiger partial charge in [0.1, 0.15) is 0 Å². The van der Waals surface area contributed by atoms with Crippen LogP contribution in [0.15, 0.2) is 30.3 Å². The van der Waals surface area contributed by atoms with E-state index in [0.29, 0.717) is 19.6 Å². The van der Waals surface area contributed by atoms with Gasteiger partial charge in [0.15, 0.2) is 5.79 Å². The Morgan fingerprint density at radius 1 is 1.23 bits per heavy atom. The standard InChI is InChI=1S/C18H29NO3/c1-4-21-18(22-5-2)11-12-19(17(13-18)14-20)15(3)16-9-7-6-8-10-16/h6-10,15,17,20H,4-5,11-14H2,1-3H3/t15-,17+/m0/s1. The molecule has 1 N–H and O–H groups in total. The maximum Gasteiger partial charge on any atom is 0.171 e. The van der Waals surface area contributed by atoms with Crippen molar-refractivity contribution in [1.29, 1.82) is 0 Å². The summed E-state index contributed by atoms with van der Waals surface area (Å²) in [5.74, 6) is -0.538. The fourth-order valence-electron chi connectivity index (χ4n) is 3.49. The van der Waals surface area contributed by atoms with Crippen molar-refractivity contribution in [2.24, 2.45) is 0 Å².